The molecule has 0 fully saturated rings. The number of carbonyl (C=O) groups is 1. The molecule has 2 aromatic rings. The van der Waals surface area contributed by atoms with Crippen LogP contribution in [0.25, 0.3) is 11.1 Å². The standard InChI is InChI=1S/C14H8Cl4O3/c15-7-3-1-2-6(13(19)14(20)21)10(7)11-8(16)4-5-9(17)12(11)18/h1-5,13,19H,(H,20,21). The fourth-order valence-electron chi connectivity index (χ4n) is 1.92. The zero-order valence-electron chi connectivity index (χ0n) is 10.3. The Balaban J connectivity index is 2.81. The molecule has 0 radical (unpaired) electrons. The Bertz CT molecular complexity index is 716. The number of aliphatic carboxylic acids is 1. The Hall–Kier alpha value is -0.970. The van der Waals surface area contributed by atoms with Crippen LogP contribution < -0.4 is 0 Å². The van der Waals surface area contributed by atoms with Crippen molar-refractivity contribution in [3.05, 3.63) is 56.0 Å². The fourth-order valence-corrected chi connectivity index (χ4v) is 2.92. The summed E-state index contributed by atoms with van der Waals surface area (Å²) < 4.78 is 0. The van der Waals surface area contributed by atoms with Crippen molar-refractivity contribution in [1.82, 2.24) is 0 Å². The van der Waals surface area contributed by atoms with Crippen molar-refractivity contribution in [3.63, 3.8) is 0 Å². The van der Waals surface area contributed by atoms with Crippen LogP contribution in [0, 0.1) is 0 Å². The zero-order valence-corrected chi connectivity index (χ0v) is 13.3. The molecule has 110 valence electrons. The van der Waals surface area contributed by atoms with Crippen molar-refractivity contribution in [1.29, 1.82) is 0 Å². The molecule has 0 aliphatic heterocycles. The van der Waals surface area contributed by atoms with Crippen LogP contribution in [-0.4, -0.2) is 16.2 Å². The highest BCUT2D eigenvalue weighted by atomic mass is 35.5. The summed E-state index contributed by atoms with van der Waals surface area (Å²) in [6.45, 7) is 0. The van der Waals surface area contributed by atoms with Crippen molar-refractivity contribution in [2.24, 2.45) is 0 Å². The molecule has 0 amide bonds. The smallest absolute Gasteiger partial charge is 0.337 e. The summed E-state index contributed by atoms with van der Waals surface area (Å²) in [5, 5.41) is 19.7. The summed E-state index contributed by atoms with van der Waals surface area (Å²) in [5.41, 5.74) is 0.611. The fraction of sp³-hybridized carbons (Fsp3) is 0.0714. The van der Waals surface area contributed by atoms with Gasteiger partial charge in [-0.1, -0.05) is 58.5 Å². The lowest BCUT2D eigenvalue weighted by Crippen LogP contribution is -2.12. The van der Waals surface area contributed by atoms with Gasteiger partial charge in [0.05, 0.1) is 15.1 Å². The summed E-state index contributed by atoms with van der Waals surface area (Å²) in [5.74, 6) is -1.41. The maximum Gasteiger partial charge on any atom is 0.337 e. The van der Waals surface area contributed by atoms with Crippen molar-refractivity contribution in [2.45, 2.75) is 6.10 Å². The Morgan fingerprint density at radius 1 is 0.905 bits per heavy atom. The van der Waals surface area contributed by atoms with Gasteiger partial charge < -0.3 is 10.2 Å². The van der Waals surface area contributed by atoms with E-state index in [9.17, 15) is 9.90 Å². The Morgan fingerprint density at radius 3 is 2.10 bits per heavy atom. The van der Waals surface area contributed by atoms with Gasteiger partial charge in [-0.15, -0.1) is 0 Å². The monoisotopic (exact) mass is 364 g/mol. The molecule has 0 spiro atoms. The second kappa shape index (κ2) is 6.42. The topological polar surface area (TPSA) is 57.5 Å². The maximum absolute atomic E-state index is 11.0. The predicted molar refractivity (Wildman–Crippen MR) is 84.5 cm³/mol. The summed E-state index contributed by atoms with van der Waals surface area (Å²) in [4.78, 5) is 11.0. The quantitative estimate of drug-likeness (QED) is 0.745. The van der Waals surface area contributed by atoms with Gasteiger partial charge in [-0.3, -0.25) is 0 Å². The van der Waals surface area contributed by atoms with E-state index >= 15 is 0 Å². The molecule has 2 aromatic carbocycles. The number of aliphatic hydroxyl groups is 1. The van der Waals surface area contributed by atoms with E-state index in [0.29, 0.717) is 0 Å². The molecule has 7 heteroatoms. The summed E-state index contributed by atoms with van der Waals surface area (Å²) >= 11 is 24.4. The van der Waals surface area contributed by atoms with Gasteiger partial charge in [-0.25, -0.2) is 4.79 Å². The SMILES string of the molecule is O=C(O)C(O)c1cccc(Cl)c1-c1c(Cl)ccc(Cl)c1Cl. The molecule has 0 heterocycles. The van der Waals surface area contributed by atoms with Crippen molar-refractivity contribution < 1.29 is 15.0 Å². The van der Waals surface area contributed by atoms with Crippen LogP contribution in [0.3, 0.4) is 0 Å². The lowest BCUT2D eigenvalue weighted by Gasteiger charge is -2.17. The normalized spacial score (nSPS) is 12.2. The minimum atomic E-state index is -1.76. The molecule has 3 nitrogen and oxygen atoms in total. The molecule has 0 aliphatic carbocycles. The van der Waals surface area contributed by atoms with Gasteiger partial charge in [0.1, 0.15) is 0 Å². The number of aliphatic hydroxyl groups excluding tert-OH is 1. The van der Waals surface area contributed by atoms with Crippen LogP contribution >= 0.6 is 46.4 Å². The molecular weight excluding hydrogens is 358 g/mol. The Kier molecular flexibility index (Phi) is 5.02. The van der Waals surface area contributed by atoms with Gasteiger partial charge in [0, 0.05) is 21.7 Å². The molecule has 0 saturated heterocycles. The first-order valence-corrected chi connectivity index (χ1v) is 7.19. The number of hydrogen-bond donors (Lipinski definition) is 2. The van der Waals surface area contributed by atoms with Crippen LogP contribution in [-0.2, 0) is 4.79 Å². The van der Waals surface area contributed by atoms with E-state index in [2.05, 4.69) is 0 Å². The number of hydrogen-bond acceptors (Lipinski definition) is 2. The molecule has 21 heavy (non-hydrogen) atoms. The summed E-state index contributed by atoms with van der Waals surface area (Å²) in [6.07, 6.45) is -1.76. The van der Waals surface area contributed by atoms with Crippen molar-refractivity contribution in [2.75, 3.05) is 0 Å². The van der Waals surface area contributed by atoms with E-state index in [1.54, 1.807) is 6.07 Å². The second-order valence-corrected chi connectivity index (χ2v) is 5.76. The van der Waals surface area contributed by atoms with Gasteiger partial charge in [-0.2, -0.15) is 0 Å². The predicted octanol–water partition coefficient (Wildman–Crippen LogP) is 5.09. The van der Waals surface area contributed by atoms with Gasteiger partial charge in [0.15, 0.2) is 6.10 Å². The Morgan fingerprint density at radius 2 is 1.48 bits per heavy atom. The number of halogens is 4. The highest BCUT2D eigenvalue weighted by molar-refractivity contribution is 6.47. The Labute approximate surface area is 140 Å². The highest BCUT2D eigenvalue weighted by Gasteiger charge is 2.25. The van der Waals surface area contributed by atoms with E-state index in [1.165, 1.54) is 24.3 Å². The van der Waals surface area contributed by atoms with Gasteiger partial charge in [-0.05, 0) is 18.2 Å². The van der Waals surface area contributed by atoms with E-state index in [0.717, 1.165) is 0 Å². The number of benzene rings is 2. The number of rotatable bonds is 3. The molecule has 1 unspecified atom stereocenters. The molecule has 0 aromatic heterocycles. The number of carboxylic acid groups (broad SMARTS) is 1. The first-order chi connectivity index (χ1) is 9.84. The first-order valence-electron chi connectivity index (χ1n) is 5.67. The molecular formula is C14H8Cl4O3. The minimum Gasteiger partial charge on any atom is -0.479 e. The molecule has 0 aliphatic rings. The van der Waals surface area contributed by atoms with Crippen LogP contribution in [0.4, 0.5) is 0 Å². The molecule has 2 rings (SSSR count). The van der Waals surface area contributed by atoms with E-state index < -0.39 is 12.1 Å². The molecule has 1 atom stereocenters. The zero-order chi connectivity index (χ0) is 15.7. The van der Waals surface area contributed by atoms with E-state index in [4.69, 9.17) is 51.5 Å². The second-order valence-electron chi connectivity index (χ2n) is 4.16. The van der Waals surface area contributed by atoms with Crippen molar-refractivity contribution in [3.8, 4) is 11.1 Å². The van der Waals surface area contributed by atoms with Gasteiger partial charge in [0.25, 0.3) is 0 Å². The summed E-state index contributed by atoms with van der Waals surface area (Å²) in [7, 11) is 0. The average molecular weight is 366 g/mol. The molecule has 0 saturated carbocycles. The van der Waals surface area contributed by atoms with Crippen LogP contribution in [0.2, 0.25) is 20.1 Å². The minimum absolute atomic E-state index is 0.0843. The average Bonchev–Trinajstić information content (AvgIpc) is 2.44. The van der Waals surface area contributed by atoms with E-state index in [1.807, 2.05) is 0 Å². The van der Waals surface area contributed by atoms with E-state index in [-0.39, 0.29) is 36.8 Å². The largest absolute Gasteiger partial charge is 0.479 e. The third kappa shape index (κ3) is 3.12. The van der Waals surface area contributed by atoms with Crippen LogP contribution in [0.15, 0.2) is 30.3 Å². The van der Waals surface area contributed by atoms with Crippen LogP contribution in [0.1, 0.15) is 11.7 Å². The molecule has 2 N–H and O–H groups in total. The third-order valence-corrected chi connectivity index (χ3v) is 4.30. The lowest BCUT2D eigenvalue weighted by molar-refractivity contribution is -0.146. The summed E-state index contributed by atoms with van der Waals surface area (Å²) in [6, 6.07) is 7.54. The van der Waals surface area contributed by atoms with Crippen molar-refractivity contribution >= 4 is 52.4 Å². The lowest BCUT2D eigenvalue weighted by atomic mass is 9.96. The first kappa shape index (κ1) is 16.4. The third-order valence-electron chi connectivity index (χ3n) is 2.87. The van der Waals surface area contributed by atoms with Gasteiger partial charge >= 0.3 is 5.97 Å². The van der Waals surface area contributed by atoms with Crippen LogP contribution in [0.5, 0.6) is 0 Å². The van der Waals surface area contributed by atoms with Gasteiger partial charge in [0.2, 0.25) is 0 Å². The highest BCUT2D eigenvalue weighted by Crippen LogP contribution is 2.44. The maximum atomic E-state index is 11.0. The number of carboxylic acids is 1. The molecule has 0 bridgehead atoms.